The highest BCUT2D eigenvalue weighted by molar-refractivity contribution is 5.90. The largest absolute Gasteiger partial charge is 0.478 e. The lowest BCUT2D eigenvalue weighted by Gasteiger charge is -2.08. The van der Waals surface area contributed by atoms with Gasteiger partial charge < -0.3 is 9.67 Å². The summed E-state index contributed by atoms with van der Waals surface area (Å²) in [5, 5.41) is 10.8. The number of carboxylic acids is 1. The van der Waals surface area contributed by atoms with Gasteiger partial charge in [0, 0.05) is 36.3 Å². The molecule has 1 fully saturated rings. The Morgan fingerprint density at radius 2 is 1.90 bits per heavy atom. The summed E-state index contributed by atoms with van der Waals surface area (Å²) < 4.78 is 2.19. The normalized spacial score (nSPS) is 13.7. The van der Waals surface area contributed by atoms with E-state index in [0.717, 1.165) is 40.6 Å². The standard InChI is InChI=1S/C25H22N2O2/c1-27-23-10-7-16(11-19(23)14-24(27)18-5-3-2-4-6-18)12-22-21(25(28)29)13-20(15-26-22)17-8-9-17/h2-7,10-11,13-15,17H,8-9,12H2,1H3,(H,28,29). The van der Waals surface area contributed by atoms with E-state index in [9.17, 15) is 9.90 Å². The first-order valence-electron chi connectivity index (χ1n) is 9.96. The number of carbonyl (C=O) groups is 1. The maximum Gasteiger partial charge on any atom is 0.337 e. The minimum absolute atomic E-state index is 0.326. The Hall–Kier alpha value is -3.40. The maximum atomic E-state index is 11.8. The molecule has 5 rings (SSSR count). The van der Waals surface area contributed by atoms with Crippen LogP contribution in [0, 0.1) is 0 Å². The molecule has 0 spiro atoms. The number of aromatic carboxylic acids is 1. The van der Waals surface area contributed by atoms with Gasteiger partial charge in [0.1, 0.15) is 0 Å². The Labute approximate surface area is 169 Å². The van der Waals surface area contributed by atoms with Crippen molar-refractivity contribution in [3.63, 3.8) is 0 Å². The molecule has 29 heavy (non-hydrogen) atoms. The number of carboxylic acid groups (broad SMARTS) is 1. The Bertz CT molecular complexity index is 1220. The van der Waals surface area contributed by atoms with Crippen LogP contribution in [0.3, 0.4) is 0 Å². The monoisotopic (exact) mass is 382 g/mol. The molecule has 0 amide bonds. The van der Waals surface area contributed by atoms with Crippen LogP contribution >= 0.6 is 0 Å². The molecule has 0 unspecified atom stereocenters. The lowest BCUT2D eigenvalue weighted by Crippen LogP contribution is -2.07. The van der Waals surface area contributed by atoms with Crippen LogP contribution in [0.5, 0.6) is 0 Å². The summed E-state index contributed by atoms with van der Waals surface area (Å²) in [5.41, 5.74) is 6.57. The third-order valence-electron chi connectivity index (χ3n) is 5.82. The van der Waals surface area contributed by atoms with Gasteiger partial charge in [0.05, 0.1) is 11.3 Å². The van der Waals surface area contributed by atoms with Crippen molar-refractivity contribution in [3.8, 4) is 11.3 Å². The molecular weight excluding hydrogens is 360 g/mol. The Kier molecular flexibility index (Phi) is 4.20. The maximum absolute atomic E-state index is 11.8. The first-order valence-corrected chi connectivity index (χ1v) is 9.96. The van der Waals surface area contributed by atoms with E-state index in [2.05, 4.69) is 53.0 Å². The summed E-state index contributed by atoms with van der Waals surface area (Å²) in [6, 6.07) is 20.7. The molecule has 2 aromatic heterocycles. The lowest BCUT2D eigenvalue weighted by molar-refractivity contribution is 0.0695. The summed E-state index contributed by atoms with van der Waals surface area (Å²) in [5.74, 6) is -0.408. The third kappa shape index (κ3) is 3.31. The smallest absolute Gasteiger partial charge is 0.337 e. The fraction of sp³-hybridized carbons (Fsp3) is 0.200. The van der Waals surface area contributed by atoms with Crippen LogP contribution in [-0.4, -0.2) is 20.6 Å². The van der Waals surface area contributed by atoms with Crippen molar-refractivity contribution in [3.05, 3.63) is 89.2 Å². The molecule has 2 heterocycles. The SMILES string of the molecule is Cn1c(-c2ccccc2)cc2cc(Cc3ncc(C4CC4)cc3C(=O)O)ccc21. The zero-order chi connectivity index (χ0) is 20.0. The highest BCUT2D eigenvalue weighted by Gasteiger charge is 2.25. The number of aryl methyl sites for hydroxylation is 1. The van der Waals surface area contributed by atoms with Crippen LogP contribution in [0.2, 0.25) is 0 Å². The Morgan fingerprint density at radius 3 is 2.62 bits per heavy atom. The molecule has 4 aromatic rings. The van der Waals surface area contributed by atoms with Gasteiger partial charge in [0.25, 0.3) is 0 Å². The van der Waals surface area contributed by atoms with E-state index in [1.165, 1.54) is 5.56 Å². The van der Waals surface area contributed by atoms with Crippen molar-refractivity contribution >= 4 is 16.9 Å². The number of pyridine rings is 1. The molecule has 0 saturated heterocycles. The van der Waals surface area contributed by atoms with Crippen LogP contribution in [0.1, 0.15) is 45.9 Å². The van der Waals surface area contributed by atoms with Crippen LogP contribution in [0.25, 0.3) is 22.2 Å². The molecule has 1 aliphatic carbocycles. The number of fused-ring (bicyclic) bond motifs is 1. The summed E-state index contributed by atoms with van der Waals surface area (Å²) in [6.07, 6.45) is 4.63. The van der Waals surface area contributed by atoms with Crippen LogP contribution in [-0.2, 0) is 13.5 Å². The van der Waals surface area contributed by atoms with E-state index in [1.807, 2.05) is 30.5 Å². The van der Waals surface area contributed by atoms with Gasteiger partial charge in [-0.3, -0.25) is 4.98 Å². The lowest BCUT2D eigenvalue weighted by atomic mass is 10.0. The number of nitrogens with zero attached hydrogens (tertiary/aromatic N) is 2. The van der Waals surface area contributed by atoms with Gasteiger partial charge in [0.2, 0.25) is 0 Å². The second kappa shape index (κ2) is 6.89. The number of hydrogen-bond acceptors (Lipinski definition) is 2. The van der Waals surface area contributed by atoms with Crippen LogP contribution in [0.15, 0.2) is 66.9 Å². The highest BCUT2D eigenvalue weighted by Crippen LogP contribution is 2.40. The van der Waals surface area contributed by atoms with Gasteiger partial charge in [-0.25, -0.2) is 4.79 Å². The minimum Gasteiger partial charge on any atom is -0.478 e. The third-order valence-corrected chi connectivity index (χ3v) is 5.82. The number of aromatic nitrogens is 2. The van der Waals surface area contributed by atoms with Crippen LogP contribution < -0.4 is 0 Å². The molecule has 1 N–H and O–H groups in total. The zero-order valence-corrected chi connectivity index (χ0v) is 16.3. The molecule has 0 aliphatic heterocycles. The van der Waals surface area contributed by atoms with Crippen LogP contribution in [0.4, 0.5) is 0 Å². The Balaban J connectivity index is 1.51. The minimum atomic E-state index is -0.901. The average molecular weight is 382 g/mol. The van der Waals surface area contributed by atoms with E-state index in [4.69, 9.17) is 0 Å². The molecule has 4 heteroatoms. The quantitative estimate of drug-likeness (QED) is 0.502. The zero-order valence-electron chi connectivity index (χ0n) is 16.3. The molecule has 1 aliphatic rings. The number of benzene rings is 2. The fourth-order valence-electron chi connectivity index (χ4n) is 4.06. The van der Waals surface area contributed by atoms with Gasteiger partial charge in [-0.05, 0) is 59.7 Å². The second-order valence-corrected chi connectivity index (χ2v) is 7.87. The molecule has 0 atom stereocenters. The van der Waals surface area contributed by atoms with E-state index < -0.39 is 5.97 Å². The van der Waals surface area contributed by atoms with Crippen molar-refractivity contribution in [1.29, 1.82) is 0 Å². The molecule has 4 nitrogen and oxygen atoms in total. The van der Waals surface area contributed by atoms with E-state index >= 15 is 0 Å². The predicted molar refractivity (Wildman–Crippen MR) is 114 cm³/mol. The van der Waals surface area contributed by atoms with Gasteiger partial charge in [0.15, 0.2) is 0 Å². The van der Waals surface area contributed by atoms with E-state index in [1.54, 1.807) is 0 Å². The first-order chi connectivity index (χ1) is 14.1. The average Bonchev–Trinajstić information content (AvgIpc) is 3.53. The molecule has 0 bridgehead atoms. The predicted octanol–water partition coefficient (Wildman–Crippen LogP) is 5.41. The summed E-state index contributed by atoms with van der Waals surface area (Å²) in [6.45, 7) is 0. The van der Waals surface area contributed by atoms with E-state index in [0.29, 0.717) is 23.6 Å². The topological polar surface area (TPSA) is 55.1 Å². The highest BCUT2D eigenvalue weighted by atomic mass is 16.4. The van der Waals surface area contributed by atoms with Crippen molar-refractivity contribution in [2.24, 2.45) is 7.05 Å². The van der Waals surface area contributed by atoms with Crippen molar-refractivity contribution in [1.82, 2.24) is 9.55 Å². The second-order valence-electron chi connectivity index (χ2n) is 7.87. The van der Waals surface area contributed by atoms with Gasteiger partial charge in [-0.2, -0.15) is 0 Å². The van der Waals surface area contributed by atoms with Gasteiger partial charge in [-0.1, -0.05) is 36.4 Å². The molecule has 1 saturated carbocycles. The van der Waals surface area contributed by atoms with Crippen molar-refractivity contribution in [2.45, 2.75) is 25.2 Å². The van der Waals surface area contributed by atoms with Crippen molar-refractivity contribution < 1.29 is 9.90 Å². The van der Waals surface area contributed by atoms with Crippen molar-refractivity contribution in [2.75, 3.05) is 0 Å². The Morgan fingerprint density at radius 1 is 1.10 bits per heavy atom. The summed E-state index contributed by atoms with van der Waals surface area (Å²) >= 11 is 0. The van der Waals surface area contributed by atoms with E-state index in [-0.39, 0.29) is 0 Å². The molecule has 144 valence electrons. The summed E-state index contributed by atoms with van der Waals surface area (Å²) in [7, 11) is 2.07. The molecule has 0 radical (unpaired) electrons. The van der Waals surface area contributed by atoms with Gasteiger partial charge in [-0.15, -0.1) is 0 Å². The first kappa shape index (κ1) is 17.7. The molecular formula is C25H22N2O2. The number of rotatable bonds is 5. The fourth-order valence-corrected chi connectivity index (χ4v) is 4.06. The number of hydrogen-bond donors (Lipinski definition) is 1. The summed E-state index contributed by atoms with van der Waals surface area (Å²) in [4.78, 5) is 16.3. The van der Waals surface area contributed by atoms with Gasteiger partial charge >= 0.3 is 5.97 Å². The molecule has 2 aromatic carbocycles.